The summed E-state index contributed by atoms with van der Waals surface area (Å²) in [5, 5.41) is 0. The first-order valence-corrected chi connectivity index (χ1v) is 6.07. The second-order valence-corrected chi connectivity index (χ2v) is 6.69. The number of hydrogen-bond donors (Lipinski definition) is 0. The molecule has 0 aliphatic carbocycles. The molecule has 2 nitrogen and oxygen atoms in total. The highest BCUT2D eigenvalue weighted by atomic mass is 16.5. The average molecular weight is 213 g/mol. The summed E-state index contributed by atoms with van der Waals surface area (Å²) in [6.45, 7) is 16.6. The van der Waals surface area contributed by atoms with E-state index in [0.717, 1.165) is 12.5 Å². The summed E-state index contributed by atoms with van der Waals surface area (Å²) in [6, 6.07) is 0. The van der Waals surface area contributed by atoms with Crippen molar-refractivity contribution in [2.45, 2.75) is 59.1 Å². The summed E-state index contributed by atoms with van der Waals surface area (Å²) in [4.78, 5) is 2.54. The minimum Gasteiger partial charge on any atom is -0.376 e. The van der Waals surface area contributed by atoms with Crippen molar-refractivity contribution < 1.29 is 4.74 Å². The van der Waals surface area contributed by atoms with E-state index < -0.39 is 0 Å². The second kappa shape index (κ2) is 4.42. The number of nitrogens with zero attached hydrogens (tertiary/aromatic N) is 1. The van der Waals surface area contributed by atoms with E-state index in [9.17, 15) is 0 Å². The van der Waals surface area contributed by atoms with Gasteiger partial charge < -0.3 is 4.74 Å². The lowest BCUT2D eigenvalue weighted by Crippen LogP contribution is -2.56. The normalized spacial score (nSPS) is 20.4. The van der Waals surface area contributed by atoms with Crippen LogP contribution in [0.15, 0.2) is 0 Å². The van der Waals surface area contributed by atoms with Crippen molar-refractivity contribution in [1.29, 1.82) is 0 Å². The van der Waals surface area contributed by atoms with Crippen molar-refractivity contribution in [1.82, 2.24) is 4.90 Å². The van der Waals surface area contributed by atoms with Crippen molar-refractivity contribution in [2.24, 2.45) is 5.92 Å². The molecule has 1 aliphatic heterocycles. The lowest BCUT2D eigenvalue weighted by atomic mass is 9.90. The molecule has 0 aromatic carbocycles. The minimum absolute atomic E-state index is 0.0213. The van der Waals surface area contributed by atoms with Crippen molar-refractivity contribution >= 4 is 0 Å². The van der Waals surface area contributed by atoms with Crippen LogP contribution < -0.4 is 0 Å². The minimum atomic E-state index is 0.0213. The van der Waals surface area contributed by atoms with Gasteiger partial charge in [-0.25, -0.2) is 0 Å². The Labute approximate surface area is 95.0 Å². The van der Waals surface area contributed by atoms with Gasteiger partial charge in [0.1, 0.15) is 0 Å². The van der Waals surface area contributed by atoms with E-state index in [2.05, 4.69) is 46.4 Å². The maximum atomic E-state index is 5.74. The van der Waals surface area contributed by atoms with E-state index >= 15 is 0 Å². The maximum absolute atomic E-state index is 5.74. The van der Waals surface area contributed by atoms with Gasteiger partial charge in [-0.05, 0) is 53.9 Å². The van der Waals surface area contributed by atoms with Crippen LogP contribution in [0.4, 0.5) is 0 Å². The molecule has 0 radical (unpaired) electrons. The van der Waals surface area contributed by atoms with Crippen LogP contribution in [0.25, 0.3) is 0 Å². The third kappa shape index (κ3) is 4.52. The second-order valence-electron chi connectivity index (χ2n) is 6.69. The fourth-order valence-electron chi connectivity index (χ4n) is 1.83. The van der Waals surface area contributed by atoms with Crippen molar-refractivity contribution in [3.05, 3.63) is 0 Å². The smallest absolute Gasteiger partial charge is 0.0598 e. The Balaban J connectivity index is 2.09. The SMILES string of the molecule is CC(C)(C)OCCC1CN(C(C)(C)C)C1. The van der Waals surface area contributed by atoms with E-state index in [0.29, 0.717) is 5.54 Å². The Bertz CT molecular complexity index is 194. The molecule has 0 saturated carbocycles. The zero-order chi connectivity index (χ0) is 11.7. The molecule has 1 saturated heterocycles. The Morgan fingerprint density at radius 1 is 1.07 bits per heavy atom. The largest absolute Gasteiger partial charge is 0.376 e. The Morgan fingerprint density at radius 3 is 2.00 bits per heavy atom. The molecule has 90 valence electrons. The predicted molar refractivity (Wildman–Crippen MR) is 65.1 cm³/mol. The molecule has 1 heterocycles. The first-order chi connectivity index (χ1) is 6.68. The molecule has 1 fully saturated rings. The van der Waals surface area contributed by atoms with Gasteiger partial charge >= 0.3 is 0 Å². The monoisotopic (exact) mass is 213 g/mol. The average Bonchev–Trinajstić information content (AvgIpc) is 1.88. The van der Waals surface area contributed by atoms with Crippen LogP contribution in [0.5, 0.6) is 0 Å². The lowest BCUT2D eigenvalue weighted by molar-refractivity contribution is -0.0385. The highest BCUT2D eigenvalue weighted by Crippen LogP contribution is 2.27. The predicted octanol–water partition coefficient (Wildman–Crippen LogP) is 2.92. The Morgan fingerprint density at radius 2 is 1.60 bits per heavy atom. The summed E-state index contributed by atoms with van der Waals surface area (Å²) < 4.78 is 5.74. The van der Waals surface area contributed by atoms with Gasteiger partial charge in [0.15, 0.2) is 0 Å². The van der Waals surface area contributed by atoms with E-state index in [1.54, 1.807) is 0 Å². The van der Waals surface area contributed by atoms with Crippen LogP contribution in [0, 0.1) is 5.92 Å². The quantitative estimate of drug-likeness (QED) is 0.714. The van der Waals surface area contributed by atoms with Crippen LogP contribution in [-0.2, 0) is 4.74 Å². The molecule has 0 N–H and O–H groups in total. The van der Waals surface area contributed by atoms with Gasteiger partial charge in [-0.15, -0.1) is 0 Å². The van der Waals surface area contributed by atoms with Crippen LogP contribution >= 0.6 is 0 Å². The van der Waals surface area contributed by atoms with Crippen molar-refractivity contribution in [3.8, 4) is 0 Å². The summed E-state index contributed by atoms with van der Waals surface area (Å²) in [6.07, 6.45) is 1.21. The van der Waals surface area contributed by atoms with Gasteiger partial charge in [-0.2, -0.15) is 0 Å². The molecule has 1 rings (SSSR count). The number of hydrogen-bond acceptors (Lipinski definition) is 2. The third-order valence-electron chi connectivity index (χ3n) is 2.97. The molecule has 0 aromatic rings. The lowest BCUT2D eigenvalue weighted by Gasteiger charge is -2.48. The van der Waals surface area contributed by atoms with Crippen molar-refractivity contribution in [2.75, 3.05) is 19.7 Å². The standard InChI is InChI=1S/C13H27NO/c1-12(2,3)14-9-11(10-14)7-8-15-13(4,5)6/h11H,7-10H2,1-6H3. The zero-order valence-electron chi connectivity index (χ0n) is 11.3. The summed E-state index contributed by atoms with van der Waals surface area (Å²) in [7, 11) is 0. The van der Waals surface area contributed by atoms with Gasteiger partial charge in [0.05, 0.1) is 5.60 Å². The number of likely N-dealkylation sites (tertiary alicyclic amines) is 1. The maximum Gasteiger partial charge on any atom is 0.0598 e. The first-order valence-electron chi connectivity index (χ1n) is 6.07. The fraction of sp³-hybridized carbons (Fsp3) is 1.00. The highest BCUT2D eigenvalue weighted by Gasteiger charge is 2.33. The van der Waals surface area contributed by atoms with Gasteiger partial charge in [0, 0.05) is 25.2 Å². The molecule has 0 bridgehead atoms. The van der Waals surface area contributed by atoms with Gasteiger partial charge in [-0.3, -0.25) is 4.90 Å². The molecule has 2 heteroatoms. The molecule has 0 aromatic heterocycles. The zero-order valence-corrected chi connectivity index (χ0v) is 11.3. The van der Waals surface area contributed by atoms with Crippen LogP contribution in [-0.4, -0.2) is 35.7 Å². The Kier molecular flexibility index (Phi) is 3.83. The van der Waals surface area contributed by atoms with Gasteiger partial charge in [0.2, 0.25) is 0 Å². The molecular weight excluding hydrogens is 186 g/mol. The van der Waals surface area contributed by atoms with E-state index in [-0.39, 0.29) is 5.60 Å². The third-order valence-corrected chi connectivity index (χ3v) is 2.97. The van der Waals surface area contributed by atoms with Gasteiger partial charge in [-0.1, -0.05) is 0 Å². The summed E-state index contributed by atoms with van der Waals surface area (Å²) >= 11 is 0. The topological polar surface area (TPSA) is 12.5 Å². The molecule has 0 unspecified atom stereocenters. The van der Waals surface area contributed by atoms with Crippen molar-refractivity contribution in [3.63, 3.8) is 0 Å². The number of rotatable bonds is 3. The molecule has 1 aliphatic rings. The molecule has 0 atom stereocenters. The summed E-state index contributed by atoms with van der Waals surface area (Å²) in [5.41, 5.74) is 0.370. The molecular formula is C13H27NO. The van der Waals surface area contributed by atoms with E-state index in [1.807, 2.05) is 0 Å². The van der Waals surface area contributed by atoms with Gasteiger partial charge in [0.25, 0.3) is 0 Å². The molecule has 15 heavy (non-hydrogen) atoms. The molecule has 0 amide bonds. The molecule has 0 spiro atoms. The van der Waals surface area contributed by atoms with E-state index in [1.165, 1.54) is 19.5 Å². The first kappa shape index (κ1) is 13.0. The van der Waals surface area contributed by atoms with Crippen LogP contribution in [0.1, 0.15) is 48.0 Å². The number of ether oxygens (including phenoxy) is 1. The van der Waals surface area contributed by atoms with Crippen LogP contribution in [0.2, 0.25) is 0 Å². The van der Waals surface area contributed by atoms with E-state index in [4.69, 9.17) is 4.74 Å². The fourth-order valence-corrected chi connectivity index (χ4v) is 1.83. The Hall–Kier alpha value is -0.0800. The summed E-state index contributed by atoms with van der Waals surface area (Å²) in [5.74, 6) is 0.853. The van der Waals surface area contributed by atoms with Crippen LogP contribution in [0.3, 0.4) is 0 Å². The highest BCUT2D eigenvalue weighted by molar-refractivity contribution is 4.88.